The van der Waals surface area contributed by atoms with Crippen LogP contribution in [0, 0.1) is 0 Å². The number of esters is 1. The predicted octanol–water partition coefficient (Wildman–Crippen LogP) is 11.1. The molecule has 2 amide bonds. The molecule has 12 rings (SSSR count). The van der Waals surface area contributed by atoms with Crippen LogP contribution in [0.3, 0.4) is 0 Å². The molecule has 1 atom stereocenters. The monoisotopic (exact) mass is 1280 g/mol. The molecule has 5 aromatic heterocycles. The van der Waals surface area contributed by atoms with Crippen LogP contribution < -0.4 is 10.6 Å². The fraction of sp³-hybridized carbons (Fsp3) is 0.642. The average molecular weight is 1290 g/mol. The summed E-state index contributed by atoms with van der Waals surface area (Å²) in [5, 5.41) is 42.8. The summed E-state index contributed by atoms with van der Waals surface area (Å²) < 4.78 is 6.74. The number of carbonyl (C=O) groups excluding carboxylic acids is 3. The Morgan fingerprint density at radius 2 is 1.16 bits per heavy atom. The Kier molecular flexibility index (Phi) is 23.1. The molecule has 5 aliphatic heterocycles. The van der Waals surface area contributed by atoms with Gasteiger partial charge >= 0.3 is 5.97 Å². The number of aryl methyl sites for hydroxylation is 1. The molecule has 17 nitrogen and oxygen atoms in total. The molecular weight excluding hydrogens is 1190 g/mol. The topological polar surface area (TPSA) is 221 Å². The van der Waals surface area contributed by atoms with Crippen LogP contribution in [-0.2, 0) is 107 Å². The van der Waals surface area contributed by atoms with Crippen LogP contribution >= 0.6 is 45.3 Å². The van der Waals surface area contributed by atoms with E-state index in [-0.39, 0.29) is 63.0 Å². The molecule has 5 N–H and O–H groups in total. The van der Waals surface area contributed by atoms with Gasteiger partial charge in [0, 0.05) is 124 Å². The van der Waals surface area contributed by atoms with Gasteiger partial charge in [0.1, 0.15) is 18.9 Å². The summed E-state index contributed by atoms with van der Waals surface area (Å²) >= 11 is 7.17. The molecule has 484 valence electrons. The molecule has 0 bridgehead atoms. The summed E-state index contributed by atoms with van der Waals surface area (Å²) in [6.07, 6.45) is 5.42. The molecule has 0 saturated heterocycles. The van der Waals surface area contributed by atoms with Gasteiger partial charge in [0.25, 0.3) is 5.91 Å². The summed E-state index contributed by atoms with van der Waals surface area (Å²) in [5.41, 5.74) is 10.2. The number of hydrogen-bond donors (Lipinski definition) is 5. The summed E-state index contributed by atoms with van der Waals surface area (Å²) in [6, 6.07) is 7.89. The summed E-state index contributed by atoms with van der Waals surface area (Å²) in [5.74, 6) is -0.397. The number of thiazole rings is 4. The summed E-state index contributed by atoms with van der Waals surface area (Å²) in [6.45, 7) is 46.9. The van der Waals surface area contributed by atoms with Gasteiger partial charge in [0.15, 0.2) is 0 Å². The first-order chi connectivity index (χ1) is 40.9. The van der Waals surface area contributed by atoms with Crippen LogP contribution in [0.1, 0.15) is 231 Å². The van der Waals surface area contributed by atoms with Gasteiger partial charge < -0.3 is 35.6 Å². The SMILES string of the molecule is CC(C)(C)c1cc2n(n1)CCNC2=O.CC(C)(C)c1ccc2c(c1)C(=O)OC2.CC(C)(C)c1nc2c(s1)CC(O)CC2.CC(C)(C)c1nc2c(s1)CN(C(=O)CO)CC2.CC(C)(C)c1nc2c(s1)CN(CCO)CC2.CC(C)(C)c1nc2c(s1)CNCC2. The highest BCUT2D eigenvalue weighted by Crippen LogP contribution is 2.37. The summed E-state index contributed by atoms with van der Waals surface area (Å²) in [4.78, 5) is 62.3. The lowest BCUT2D eigenvalue weighted by Gasteiger charge is -2.25. The zero-order valence-electron chi connectivity index (χ0n) is 55.8. The number of aromatic nitrogens is 6. The Balaban J connectivity index is 0.000000151. The number of carbonyl (C=O) groups is 3. The Labute approximate surface area is 539 Å². The van der Waals surface area contributed by atoms with Gasteiger partial charge in [-0.3, -0.25) is 19.2 Å². The number of benzene rings is 1. The number of hydrogen-bond acceptors (Lipinski definition) is 18. The van der Waals surface area contributed by atoms with Gasteiger partial charge in [-0.05, 0) is 36.0 Å². The Hall–Kier alpha value is -4.84. The molecule has 6 aliphatic rings. The number of cyclic esters (lactones) is 1. The lowest BCUT2D eigenvalue weighted by Crippen LogP contribution is -2.37. The Bertz CT molecular complexity index is 3320. The molecule has 10 heterocycles. The van der Waals surface area contributed by atoms with Crippen LogP contribution in [0.2, 0.25) is 0 Å². The van der Waals surface area contributed by atoms with Gasteiger partial charge in [0.05, 0.1) is 79.9 Å². The Morgan fingerprint density at radius 3 is 1.68 bits per heavy atom. The second-order valence-corrected chi connectivity index (χ2v) is 34.0. The lowest BCUT2D eigenvalue weighted by atomic mass is 9.85. The maximum Gasteiger partial charge on any atom is 0.338 e. The fourth-order valence-corrected chi connectivity index (χ4v) is 14.7. The summed E-state index contributed by atoms with van der Waals surface area (Å²) in [7, 11) is 0. The second-order valence-electron chi connectivity index (χ2n) is 29.7. The number of rotatable bonds is 3. The van der Waals surface area contributed by atoms with E-state index in [4.69, 9.17) is 24.9 Å². The van der Waals surface area contributed by atoms with Crippen molar-refractivity contribution in [1.82, 2.24) is 50.1 Å². The predicted molar refractivity (Wildman–Crippen MR) is 356 cm³/mol. The maximum absolute atomic E-state index is 11.5. The van der Waals surface area contributed by atoms with E-state index < -0.39 is 6.61 Å². The van der Waals surface area contributed by atoms with E-state index in [0.29, 0.717) is 31.9 Å². The third-order valence-electron chi connectivity index (χ3n) is 15.5. The van der Waals surface area contributed by atoms with Crippen LogP contribution in [0.5, 0.6) is 0 Å². The van der Waals surface area contributed by atoms with E-state index in [1.165, 1.54) is 57.2 Å². The highest BCUT2D eigenvalue weighted by Gasteiger charge is 2.31. The standard InChI is InChI=1S/C12H18N2O2S.C12H20N2OS.C12H14O2.C11H17NOS.C10H15N3O.C10H16N2S/c1-12(2,3)11-13-8-4-5-14(10(16)7-15)6-9(8)17-11;1-12(2,3)11-13-9-4-5-14(6-7-15)8-10(9)16-11;1-12(2,3)9-5-4-8-7-14-11(13)10(8)6-9;1-11(2,3)10-12-8-5-4-7(13)6-9(8)14-10;1-10(2,3)8-6-7-9(14)11-4-5-13(7)12-8;1-10(2,3)9-12-7-4-5-11-6-8(7)13-9/h15H,4-7H2,1-3H3;15H,4-8H2,1-3H3;4-6H,7H2,1-3H3;7,13H,4-6H2,1-3H3;6H,4-5H2,1-3H3,(H,11,14);11H,4-6H2,1-3H3. The van der Waals surface area contributed by atoms with E-state index >= 15 is 0 Å². The van der Waals surface area contributed by atoms with Gasteiger partial charge in [-0.15, -0.1) is 45.3 Å². The van der Waals surface area contributed by atoms with E-state index in [1.54, 1.807) is 32.3 Å². The van der Waals surface area contributed by atoms with E-state index in [9.17, 15) is 19.5 Å². The molecular formula is C67H100N10O7S4. The smallest absolute Gasteiger partial charge is 0.338 e. The highest BCUT2D eigenvalue weighted by atomic mass is 32.1. The molecule has 88 heavy (non-hydrogen) atoms. The van der Waals surface area contributed by atoms with Crippen LogP contribution in [0.15, 0.2) is 24.3 Å². The zero-order valence-corrected chi connectivity index (χ0v) is 59.1. The second kappa shape index (κ2) is 28.8. The zero-order chi connectivity index (χ0) is 64.9. The van der Waals surface area contributed by atoms with Crippen molar-refractivity contribution in [3.8, 4) is 0 Å². The van der Waals surface area contributed by atoms with Crippen molar-refractivity contribution in [2.24, 2.45) is 0 Å². The van der Waals surface area contributed by atoms with Crippen molar-refractivity contribution < 1.29 is 34.4 Å². The normalized spacial score (nSPS) is 17.3. The molecule has 21 heteroatoms. The first-order valence-electron chi connectivity index (χ1n) is 31.2. The molecule has 1 aromatic carbocycles. The number of fused-ring (bicyclic) bond motifs is 6. The van der Waals surface area contributed by atoms with Gasteiger partial charge in [0.2, 0.25) is 5.91 Å². The minimum absolute atomic E-state index is 0.00458. The van der Waals surface area contributed by atoms with Crippen molar-refractivity contribution in [1.29, 1.82) is 0 Å². The van der Waals surface area contributed by atoms with E-state index in [1.807, 2.05) is 40.9 Å². The van der Waals surface area contributed by atoms with Gasteiger partial charge in [-0.1, -0.05) is 137 Å². The highest BCUT2D eigenvalue weighted by molar-refractivity contribution is 7.12. The number of aliphatic hydroxyl groups is 3. The largest absolute Gasteiger partial charge is 0.457 e. The third-order valence-corrected chi connectivity index (χ3v) is 21.6. The quantitative estimate of drug-likeness (QED) is 0.104. The minimum atomic E-state index is -0.403. The number of aliphatic hydroxyl groups excluding tert-OH is 3. The van der Waals surface area contributed by atoms with Gasteiger partial charge in [-0.25, -0.2) is 24.7 Å². The van der Waals surface area contributed by atoms with Crippen molar-refractivity contribution in [2.75, 3.05) is 45.9 Å². The van der Waals surface area contributed by atoms with Crippen molar-refractivity contribution >= 4 is 63.1 Å². The maximum atomic E-state index is 11.5. The minimum Gasteiger partial charge on any atom is -0.457 e. The number of β-amino-alcohol motifs (C(OH)–C–C–N with tert-alkyl or cyclic N) is 1. The number of amides is 2. The van der Waals surface area contributed by atoms with Crippen molar-refractivity contribution in [3.63, 3.8) is 0 Å². The van der Waals surface area contributed by atoms with E-state index in [0.717, 1.165) is 105 Å². The van der Waals surface area contributed by atoms with Crippen molar-refractivity contribution in [3.05, 3.63) is 115 Å². The molecule has 0 spiro atoms. The van der Waals surface area contributed by atoms with Gasteiger partial charge in [-0.2, -0.15) is 5.10 Å². The molecule has 1 aliphatic carbocycles. The number of ether oxygens (including phenoxy) is 1. The lowest BCUT2D eigenvalue weighted by molar-refractivity contribution is -0.135. The fourth-order valence-electron chi connectivity index (χ4n) is 9.94. The molecule has 0 saturated carbocycles. The molecule has 0 radical (unpaired) electrons. The molecule has 1 unspecified atom stereocenters. The first kappa shape index (κ1) is 70.6. The van der Waals surface area contributed by atoms with Crippen LogP contribution in [-0.4, -0.2) is 125 Å². The average Bonchev–Trinajstić information content (AvgIpc) is 3.22. The van der Waals surface area contributed by atoms with Crippen molar-refractivity contribution in [2.45, 2.75) is 235 Å². The molecule has 6 aromatic rings. The van der Waals surface area contributed by atoms with Crippen LogP contribution in [0.25, 0.3) is 0 Å². The number of nitrogens with zero attached hydrogens (tertiary/aromatic N) is 8. The third kappa shape index (κ3) is 18.9. The van der Waals surface area contributed by atoms with Crippen LogP contribution in [0.4, 0.5) is 0 Å². The first-order valence-corrected chi connectivity index (χ1v) is 34.4. The Morgan fingerprint density at radius 1 is 0.625 bits per heavy atom. The molecule has 0 fully saturated rings. The van der Waals surface area contributed by atoms with E-state index in [2.05, 4.69) is 161 Å². The number of nitrogens with one attached hydrogen (secondary N) is 2.